The first kappa shape index (κ1) is 8.42. The van der Waals surface area contributed by atoms with Crippen LogP contribution in [0.2, 0.25) is 0 Å². The third-order valence-electron chi connectivity index (χ3n) is 3.76. The van der Waals surface area contributed by atoms with Crippen LogP contribution in [0.1, 0.15) is 17.9 Å². The van der Waals surface area contributed by atoms with E-state index in [-0.39, 0.29) is 5.82 Å². The summed E-state index contributed by atoms with van der Waals surface area (Å²) < 4.78 is 12.7. The van der Waals surface area contributed by atoms with Crippen molar-refractivity contribution >= 4 is 0 Å². The van der Waals surface area contributed by atoms with Crippen LogP contribution in [0.25, 0.3) is 0 Å². The lowest BCUT2D eigenvalue weighted by molar-refractivity contribution is 0.191. The first-order valence-corrected chi connectivity index (χ1v) is 5.31. The summed E-state index contributed by atoms with van der Waals surface area (Å²) in [7, 11) is 0. The summed E-state index contributed by atoms with van der Waals surface area (Å²) in [5.41, 5.74) is 1.32. The van der Waals surface area contributed by atoms with Crippen LogP contribution in [0.5, 0.6) is 0 Å². The van der Waals surface area contributed by atoms with Gasteiger partial charge in [0.25, 0.3) is 0 Å². The third kappa shape index (κ3) is 1.17. The molecular formula is C12H14FN. The lowest BCUT2D eigenvalue weighted by Gasteiger charge is -2.40. The van der Waals surface area contributed by atoms with Crippen LogP contribution in [0.15, 0.2) is 24.3 Å². The Balaban J connectivity index is 1.80. The van der Waals surface area contributed by atoms with Crippen LogP contribution in [0.3, 0.4) is 0 Å². The van der Waals surface area contributed by atoms with Crippen molar-refractivity contribution < 1.29 is 4.39 Å². The Kier molecular flexibility index (Phi) is 1.84. The molecule has 0 amide bonds. The van der Waals surface area contributed by atoms with E-state index in [9.17, 15) is 4.39 Å². The van der Waals surface area contributed by atoms with Crippen LogP contribution in [-0.2, 0) is 0 Å². The molecule has 1 saturated carbocycles. The molecule has 1 nitrogen and oxygen atoms in total. The highest BCUT2D eigenvalue weighted by Crippen LogP contribution is 2.48. The first-order chi connectivity index (χ1) is 6.84. The molecule has 14 heavy (non-hydrogen) atoms. The molecule has 0 spiro atoms. The SMILES string of the molecule is Fc1ccc(C2C[C@@H]3CNC[C@H]23)cc1. The summed E-state index contributed by atoms with van der Waals surface area (Å²) in [5.74, 6) is 2.23. The fraction of sp³-hybridized carbons (Fsp3) is 0.500. The van der Waals surface area contributed by atoms with Crippen molar-refractivity contribution in [3.8, 4) is 0 Å². The normalized spacial score (nSPS) is 35.1. The van der Waals surface area contributed by atoms with Gasteiger partial charge in [-0.3, -0.25) is 0 Å². The first-order valence-electron chi connectivity index (χ1n) is 5.31. The molecule has 1 aliphatic carbocycles. The quantitative estimate of drug-likeness (QED) is 0.717. The fourth-order valence-electron chi connectivity index (χ4n) is 2.88. The molecule has 2 fully saturated rings. The summed E-state index contributed by atoms with van der Waals surface area (Å²) in [6.07, 6.45) is 1.28. The monoisotopic (exact) mass is 191 g/mol. The van der Waals surface area contributed by atoms with E-state index in [2.05, 4.69) is 5.32 Å². The van der Waals surface area contributed by atoms with Gasteiger partial charge in [-0.1, -0.05) is 12.1 Å². The summed E-state index contributed by atoms with van der Waals surface area (Å²) in [6, 6.07) is 7.03. The van der Waals surface area contributed by atoms with Gasteiger partial charge in [-0.2, -0.15) is 0 Å². The van der Waals surface area contributed by atoms with E-state index < -0.39 is 0 Å². The minimum atomic E-state index is -0.130. The second kappa shape index (κ2) is 3.06. The van der Waals surface area contributed by atoms with Crippen molar-refractivity contribution in [3.05, 3.63) is 35.6 Å². The van der Waals surface area contributed by atoms with Crippen molar-refractivity contribution in [1.82, 2.24) is 5.32 Å². The molecule has 3 atom stereocenters. The minimum Gasteiger partial charge on any atom is -0.316 e. The fourth-order valence-corrected chi connectivity index (χ4v) is 2.88. The summed E-state index contributed by atoms with van der Waals surface area (Å²) in [5, 5.41) is 3.42. The number of hydrogen-bond donors (Lipinski definition) is 1. The van der Waals surface area contributed by atoms with Gasteiger partial charge in [-0.15, -0.1) is 0 Å². The maximum absolute atomic E-state index is 12.7. The van der Waals surface area contributed by atoms with Crippen molar-refractivity contribution in [2.45, 2.75) is 12.3 Å². The van der Waals surface area contributed by atoms with E-state index in [1.54, 1.807) is 12.1 Å². The topological polar surface area (TPSA) is 12.0 Å². The Hall–Kier alpha value is -0.890. The van der Waals surface area contributed by atoms with Crippen molar-refractivity contribution in [1.29, 1.82) is 0 Å². The summed E-state index contributed by atoms with van der Waals surface area (Å²) in [6.45, 7) is 2.33. The number of fused-ring (bicyclic) bond motifs is 1. The van der Waals surface area contributed by atoms with E-state index in [1.165, 1.54) is 18.5 Å². The largest absolute Gasteiger partial charge is 0.316 e. The molecule has 0 aromatic heterocycles. The van der Waals surface area contributed by atoms with Crippen molar-refractivity contribution in [2.75, 3.05) is 13.1 Å². The lowest BCUT2D eigenvalue weighted by atomic mass is 9.64. The highest BCUT2D eigenvalue weighted by atomic mass is 19.1. The predicted molar refractivity (Wildman–Crippen MR) is 53.6 cm³/mol. The van der Waals surface area contributed by atoms with E-state index in [1.807, 2.05) is 12.1 Å². The minimum absolute atomic E-state index is 0.130. The van der Waals surface area contributed by atoms with E-state index in [4.69, 9.17) is 0 Å². The molecule has 1 aromatic rings. The highest BCUT2D eigenvalue weighted by Gasteiger charge is 2.44. The number of hydrogen-bond acceptors (Lipinski definition) is 1. The number of halogens is 1. The van der Waals surface area contributed by atoms with Crippen LogP contribution in [-0.4, -0.2) is 13.1 Å². The Morgan fingerprint density at radius 1 is 1.14 bits per heavy atom. The summed E-state index contributed by atoms with van der Waals surface area (Å²) in [4.78, 5) is 0. The molecule has 1 unspecified atom stereocenters. The zero-order valence-corrected chi connectivity index (χ0v) is 8.04. The van der Waals surface area contributed by atoms with Gasteiger partial charge in [0.15, 0.2) is 0 Å². The zero-order valence-electron chi connectivity index (χ0n) is 8.04. The average molecular weight is 191 g/mol. The lowest BCUT2D eigenvalue weighted by Crippen LogP contribution is -2.33. The smallest absolute Gasteiger partial charge is 0.123 e. The van der Waals surface area contributed by atoms with Gasteiger partial charge in [0, 0.05) is 0 Å². The van der Waals surface area contributed by atoms with E-state index in [0.717, 1.165) is 18.4 Å². The second-order valence-corrected chi connectivity index (χ2v) is 4.48. The van der Waals surface area contributed by atoms with E-state index >= 15 is 0 Å². The average Bonchev–Trinajstić information content (AvgIpc) is 2.52. The molecule has 1 heterocycles. The second-order valence-electron chi connectivity index (χ2n) is 4.48. The van der Waals surface area contributed by atoms with Gasteiger partial charge in [0.1, 0.15) is 5.82 Å². The maximum Gasteiger partial charge on any atom is 0.123 e. The number of nitrogens with one attached hydrogen (secondary N) is 1. The van der Waals surface area contributed by atoms with Gasteiger partial charge in [-0.05, 0) is 55.0 Å². The standard InChI is InChI=1S/C12H14FN/c13-10-3-1-8(2-4-10)11-5-9-6-14-7-12(9)11/h1-4,9,11-12,14H,5-7H2/t9-,11?,12+/m1/s1. The molecule has 1 N–H and O–H groups in total. The molecule has 0 bridgehead atoms. The Morgan fingerprint density at radius 2 is 1.93 bits per heavy atom. The molecule has 2 heteroatoms. The maximum atomic E-state index is 12.7. The van der Waals surface area contributed by atoms with Crippen molar-refractivity contribution in [3.63, 3.8) is 0 Å². The molecule has 0 radical (unpaired) electrons. The zero-order chi connectivity index (χ0) is 9.54. The highest BCUT2D eigenvalue weighted by molar-refractivity contribution is 5.25. The van der Waals surface area contributed by atoms with Gasteiger partial charge in [-0.25, -0.2) is 4.39 Å². The van der Waals surface area contributed by atoms with Gasteiger partial charge >= 0.3 is 0 Å². The Morgan fingerprint density at radius 3 is 2.64 bits per heavy atom. The van der Waals surface area contributed by atoms with Crippen LogP contribution in [0.4, 0.5) is 4.39 Å². The van der Waals surface area contributed by atoms with Crippen LogP contribution < -0.4 is 5.32 Å². The Bertz CT molecular complexity index is 333. The number of rotatable bonds is 1. The molecule has 1 aliphatic heterocycles. The third-order valence-corrected chi connectivity index (χ3v) is 3.76. The van der Waals surface area contributed by atoms with Gasteiger partial charge in [0.2, 0.25) is 0 Å². The molecule has 74 valence electrons. The van der Waals surface area contributed by atoms with Gasteiger partial charge < -0.3 is 5.32 Å². The molecule has 1 aromatic carbocycles. The summed E-state index contributed by atoms with van der Waals surface area (Å²) >= 11 is 0. The van der Waals surface area contributed by atoms with E-state index in [0.29, 0.717) is 5.92 Å². The van der Waals surface area contributed by atoms with Crippen LogP contribution in [0, 0.1) is 17.7 Å². The van der Waals surface area contributed by atoms with Crippen LogP contribution >= 0.6 is 0 Å². The predicted octanol–water partition coefficient (Wildman–Crippen LogP) is 2.15. The molecule has 1 saturated heterocycles. The molecular weight excluding hydrogens is 177 g/mol. The molecule has 2 aliphatic rings. The Labute approximate surface area is 83.3 Å². The van der Waals surface area contributed by atoms with Gasteiger partial charge in [0.05, 0.1) is 0 Å². The number of benzene rings is 1. The van der Waals surface area contributed by atoms with Crippen molar-refractivity contribution in [2.24, 2.45) is 11.8 Å². The molecule has 3 rings (SSSR count).